The van der Waals surface area contributed by atoms with Crippen molar-refractivity contribution in [3.8, 4) is 0 Å². The Kier molecular flexibility index (Phi) is 3.76. The van der Waals surface area contributed by atoms with E-state index in [1.807, 2.05) is 17.8 Å². The number of benzene rings is 1. The highest BCUT2D eigenvalue weighted by Gasteiger charge is 2.19. The van der Waals surface area contributed by atoms with Crippen LogP contribution >= 0.6 is 27.7 Å². The van der Waals surface area contributed by atoms with Gasteiger partial charge in [-0.25, -0.2) is 0 Å². The zero-order chi connectivity index (χ0) is 11.5. The molecule has 1 unspecified atom stereocenters. The van der Waals surface area contributed by atoms with Gasteiger partial charge < -0.3 is 11.1 Å². The summed E-state index contributed by atoms with van der Waals surface area (Å²) in [4.78, 5) is 12.0. The summed E-state index contributed by atoms with van der Waals surface area (Å²) in [5, 5.41) is 3.00. The Balaban J connectivity index is 2.10. The lowest BCUT2D eigenvalue weighted by atomic mass is 10.1. The molecule has 1 fully saturated rings. The maximum atomic E-state index is 12.0. The zero-order valence-corrected chi connectivity index (χ0v) is 11.1. The summed E-state index contributed by atoms with van der Waals surface area (Å²) in [6, 6.07) is 5.61. The van der Waals surface area contributed by atoms with Crippen molar-refractivity contribution < 1.29 is 4.79 Å². The third-order valence-corrected chi connectivity index (χ3v) is 4.18. The SMILES string of the molecule is Nc1ccc(Br)cc1C(=O)NC1CCSC1. The van der Waals surface area contributed by atoms with E-state index in [2.05, 4.69) is 21.2 Å². The predicted octanol–water partition coefficient (Wildman–Crippen LogP) is 2.27. The molecule has 5 heteroatoms. The van der Waals surface area contributed by atoms with Gasteiger partial charge in [-0.05, 0) is 30.4 Å². The summed E-state index contributed by atoms with van der Waals surface area (Å²) in [6.45, 7) is 0. The lowest BCUT2D eigenvalue weighted by Gasteiger charge is -2.12. The number of nitrogens with two attached hydrogens (primary N) is 1. The minimum atomic E-state index is -0.0775. The fourth-order valence-electron chi connectivity index (χ4n) is 1.64. The molecule has 2 rings (SSSR count). The third kappa shape index (κ3) is 2.71. The Morgan fingerprint density at radius 1 is 1.56 bits per heavy atom. The molecule has 1 saturated heterocycles. The van der Waals surface area contributed by atoms with Crippen molar-refractivity contribution in [2.45, 2.75) is 12.5 Å². The standard InChI is InChI=1S/C11H13BrN2OS/c12-7-1-2-10(13)9(5-7)11(15)14-8-3-4-16-6-8/h1-2,5,8H,3-4,6,13H2,(H,14,15). The van der Waals surface area contributed by atoms with Crippen molar-refractivity contribution in [2.24, 2.45) is 0 Å². The first-order valence-corrected chi connectivity index (χ1v) is 7.05. The minimum Gasteiger partial charge on any atom is -0.398 e. The lowest BCUT2D eigenvalue weighted by Crippen LogP contribution is -2.34. The van der Waals surface area contributed by atoms with Crippen molar-refractivity contribution in [1.29, 1.82) is 0 Å². The van der Waals surface area contributed by atoms with Gasteiger partial charge in [-0.1, -0.05) is 15.9 Å². The Morgan fingerprint density at radius 3 is 3.06 bits per heavy atom. The number of amides is 1. The van der Waals surface area contributed by atoms with Crippen molar-refractivity contribution >= 4 is 39.3 Å². The summed E-state index contributed by atoms with van der Waals surface area (Å²) in [5.74, 6) is 2.05. The number of halogens is 1. The van der Waals surface area contributed by atoms with Gasteiger partial charge in [0.1, 0.15) is 0 Å². The molecule has 0 spiro atoms. The first-order valence-electron chi connectivity index (χ1n) is 5.10. The molecule has 0 aromatic heterocycles. The molecule has 0 radical (unpaired) electrons. The second-order valence-corrected chi connectivity index (χ2v) is 5.83. The molecular formula is C11H13BrN2OS. The number of hydrogen-bond acceptors (Lipinski definition) is 3. The third-order valence-electron chi connectivity index (χ3n) is 2.52. The number of carbonyl (C=O) groups is 1. The van der Waals surface area contributed by atoms with E-state index in [-0.39, 0.29) is 11.9 Å². The quantitative estimate of drug-likeness (QED) is 0.824. The summed E-state index contributed by atoms with van der Waals surface area (Å²) < 4.78 is 0.868. The van der Waals surface area contributed by atoms with Crippen LogP contribution in [0.1, 0.15) is 16.8 Å². The topological polar surface area (TPSA) is 55.1 Å². The van der Waals surface area contributed by atoms with E-state index in [9.17, 15) is 4.79 Å². The molecule has 3 N–H and O–H groups in total. The van der Waals surface area contributed by atoms with E-state index < -0.39 is 0 Å². The van der Waals surface area contributed by atoms with E-state index in [1.54, 1.807) is 12.1 Å². The Labute approximate surface area is 107 Å². The van der Waals surface area contributed by atoms with Crippen LogP contribution in [0.25, 0.3) is 0 Å². The van der Waals surface area contributed by atoms with Gasteiger partial charge in [-0.3, -0.25) is 4.79 Å². The largest absolute Gasteiger partial charge is 0.398 e. The highest BCUT2D eigenvalue weighted by Crippen LogP contribution is 2.21. The Morgan fingerprint density at radius 2 is 2.38 bits per heavy atom. The molecule has 1 aliphatic heterocycles. The Bertz CT molecular complexity index is 405. The summed E-state index contributed by atoms with van der Waals surface area (Å²) in [7, 11) is 0. The number of carbonyl (C=O) groups excluding carboxylic acids is 1. The van der Waals surface area contributed by atoms with Crippen LogP contribution < -0.4 is 11.1 Å². The number of anilines is 1. The van der Waals surface area contributed by atoms with Gasteiger partial charge in [0.2, 0.25) is 0 Å². The smallest absolute Gasteiger partial charge is 0.253 e. The maximum Gasteiger partial charge on any atom is 0.253 e. The van der Waals surface area contributed by atoms with E-state index in [0.717, 1.165) is 22.4 Å². The van der Waals surface area contributed by atoms with Crippen LogP contribution in [0.15, 0.2) is 22.7 Å². The van der Waals surface area contributed by atoms with Crippen LogP contribution in [-0.4, -0.2) is 23.5 Å². The van der Waals surface area contributed by atoms with Crippen LogP contribution in [0.2, 0.25) is 0 Å². The molecule has 16 heavy (non-hydrogen) atoms. The van der Waals surface area contributed by atoms with Crippen LogP contribution in [0.5, 0.6) is 0 Å². The molecule has 1 aromatic carbocycles. The van der Waals surface area contributed by atoms with Gasteiger partial charge >= 0.3 is 0 Å². The number of thioether (sulfide) groups is 1. The highest BCUT2D eigenvalue weighted by atomic mass is 79.9. The second-order valence-electron chi connectivity index (χ2n) is 3.77. The number of nitrogens with one attached hydrogen (secondary N) is 1. The average molecular weight is 301 g/mol. The second kappa shape index (κ2) is 5.10. The molecular weight excluding hydrogens is 288 g/mol. The molecule has 1 aliphatic rings. The van der Waals surface area contributed by atoms with Gasteiger partial charge in [0.25, 0.3) is 5.91 Å². The fraction of sp³-hybridized carbons (Fsp3) is 0.364. The molecule has 1 heterocycles. The molecule has 1 amide bonds. The average Bonchev–Trinajstić information content (AvgIpc) is 2.74. The van der Waals surface area contributed by atoms with E-state index >= 15 is 0 Å². The van der Waals surface area contributed by atoms with Gasteiger partial charge in [0.05, 0.1) is 5.56 Å². The van der Waals surface area contributed by atoms with Crippen LogP contribution in [-0.2, 0) is 0 Å². The lowest BCUT2D eigenvalue weighted by molar-refractivity contribution is 0.0942. The van der Waals surface area contributed by atoms with E-state index in [4.69, 9.17) is 5.73 Å². The summed E-state index contributed by atoms with van der Waals surface area (Å²) in [5.41, 5.74) is 6.84. The van der Waals surface area contributed by atoms with Crippen LogP contribution in [0, 0.1) is 0 Å². The first kappa shape index (κ1) is 11.8. The molecule has 0 bridgehead atoms. The molecule has 0 saturated carbocycles. The van der Waals surface area contributed by atoms with Gasteiger partial charge in [0, 0.05) is 22.0 Å². The summed E-state index contributed by atoms with van der Waals surface area (Å²) >= 11 is 5.21. The highest BCUT2D eigenvalue weighted by molar-refractivity contribution is 9.10. The van der Waals surface area contributed by atoms with Gasteiger partial charge in [-0.2, -0.15) is 11.8 Å². The number of rotatable bonds is 2. The van der Waals surface area contributed by atoms with Crippen LogP contribution in [0.4, 0.5) is 5.69 Å². The number of nitrogen functional groups attached to an aromatic ring is 1. The van der Waals surface area contributed by atoms with Gasteiger partial charge in [-0.15, -0.1) is 0 Å². The van der Waals surface area contributed by atoms with Crippen molar-refractivity contribution in [2.75, 3.05) is 17.2 Å². The minimum absolute atomic E-state index is 0.0775. The molecule has 3 nitrogen and oxygen atoms in total. The van der Waals surface area contributed by atoms with Gasteiger partial charge in [0.15, 0.2) is 0 Å². The normalized spacial score (nSPS) is 19.7. The first-order chi connectivity index (χ1) is 7.66. The summed E-state index contributed by atoms with van der Waals surface area (Å²) in [6.07, 6.45) is 1.05. The maximum absolute atomic E-state index is 12.0. The Hall–Kier alpha value is -0.680. The zero-order valence-electron chi connectivity index (χ0n) is 8.70. The van der Waals surface area contributed by atoms with E-state index in [1.165, 1.54) is 0 Å². The molecule has 1 aromatic rings. The molecule has 1 atom stereocenters. The van der Waals surface area contributed by atoms with Crippen molar-refractivity contribution in [1.82, 2.24) is 5.32 Å². The predicted molar refractivity (Wildman–Crippen MR) is 71.8 cm³/mol. The van der Waals surface area contributed by atoms with Crippen molar-refractivity contribution in [3.05, 3.63) is 28.2 Å². The van der Waals surface area contributed by atoms with Crippen LogP contribution in [0.3, 0.4) is 0 Å². The fourth-order valence-corrected chi connectivity index (χ4v) is 3.15. The molecule has 0 aliphatic carbocycles. The molecule has 86 valence electrons. The van der Waals surface area contributed by atoms with Crippen molar-refractivity contribution in [3.63, 3.8) is 0 Å². The monoisotopic (exact) mass is 300 g/mol. The number of hydrogen-bond donors (Lipinski definition) is 2. The van der Waals surface area contributed by atoms with E-state index in [0.29, 0.717) is 11.3 Å².